The van der Waals surface area contributed by atoms with Crippen LogP contribution < -0.4 is 4.74 Å². The third-order valence-corrected chi connectivity index (χ3v) is 31.9. The zero-order valence-electron chi connectivity index (χ0n) is 82.8. The number of phenols is 1. The van der Waals surface area contributed by atoms with Crippen LogP contribution in [-0.2, 0) is 64.2 Å². The van der Waals surface area contributed by atoms with Crippen molar-refractivity contribution in [2.45, 2.75) is 169 Å². The van der Waals surface area contributed by atoms with E-state index in [9.17, 15) is 88.0 Å². The summed E-state index contributed by atoms with van der Waals surface area (Å²) in [4.78, 5) is 36.6. The lowest BCUT2D eigenvalue weighted by Gasteiger charge is -2.32. The van der Waals surface area contributed by atoms with Crippen molar-refractivity contribution in [2.24, 2.45) is 43.3 Å². The lowest BCUT2D eigenvalue weighted by Crippen LogP contribution is -2.23. The van der Waals surface area contributed by atoms with E-state index in [0.29, 0.717) is 51.8 Å². The van der Waals surface area contributed by atoms with Crippen LogP contribution in [0.2, 0.25) is 0 Å². The highest BCUT2D eigenvalue weighted by atomic mass is 32.2. The van der Waals surface area contributed by atoms with E-state index in [0.717, 1.165) is 18.2 Å². The van der Waals surface area contributed by atoms with Gasteiger partial charge in [0.1, 0.15) is 116 Å². The fourth-order valence-electron chi connectivity index (χ4n) is 19.4. The van der Waals surface area contributed by atoms with E-state index >= 15 is 16.8 Å². The van der Waals surface area contributed by atoms with Gasteiger partial charge < -0.3 is 50.7 Å². The van der Waals surface area contributed by atoms with E-state index in [1.807, 2.05) is 48.5 Å². The SMILES string of the molecule is CCC(C)(CC)c1ccc(S(=O)(=O)c2ccc(Oc3ccc(S(=O)(=O)c4ccc(O)c(C5=CC(C)(C)C(COO)=C(C6=CC(C)(C)C(COO)=C(C7=CC(C)(C)C(COO)=CC=C7O)C=C6O)C=C5O)c4)cc3)c(C3=CC(C)(C)C(COO)=C(C4=CC(C)(C)C(COO)=CC=C4O)C=C3O)c2)cc1C1=CC(C)(C)C(COO)=C(C2=CC(C)(C)C(COO)=C(C3=CC(C)(C)C(COO)=CC=C3O)C=C2O)C=C1O. The quantitative estimate of drug-likeness (QED) is 0.0156. The average molecular weight is 1990 g/mol. The molecule has 8 aliphatic rings. The van der Waals surface area contributed by atoms with E-state index in [-0.39, 0.29) is 168 Å². The molecule has 0 saturated carbocycles. The molecule has 0 aromatic heterocycles. The number of phenolic OH excluding ortho intramolecular Hbond substituents is 1. The molecule has 0 heterocycles. The standard InChI is InChI=1S/C110H126O30S2/c1-20-110(19,21-2)86-32-29-67(38-70(86)81-49-105(9,10)90(60-138-126)74(44-96(81)115)82-50-106(11,12)87(57-135-123)71(41-97(82)116)78-46-102(3,4)62(54-132-120)22-33-93(78)112)142(130,131)69-31-37-101(77(40-69)85-53-109(17,18)89(59-137-125)73(43-100(85)119)80-48-104(7,8)64(56-134-122)24-35-95(80)114)140-65-25-27-66(28-26-65)141(128,129)68-30-36-92(111)76(39-68)84-52-108(15,16)91(61-139-127)75(45-99(84)118)83-51-107(13,14)88(58-136-124)72(42-98(83)117)79-47-103(5,6)63(55-133-121)23-34-94(79)113/h22-53,111-127H,20-21,54-61H2,1-19H3. The van der Waals surface area contributed by atoms with Gasteiger partial charge in [-0.1, -0.05) is 204 Å². The normalized spacial score (nSPS) is 20.4. The van der Waals surface area contributed by atoms with Gasteiger partial charge in [-0.25, -0.2) is 55.9 Å². The maximum absolute atomic E-state index is 16.3. The molecule has 142 heavy (non-hydrogen) atoms. The summed E-state index contributed by atoms with van der Waals surface area (Å²) in [5.41, 5.74) is -4.62. The van der Waals surface area contributed by atoms with Gasteiger partial charge in [-0.2, -0.15) is 0 Å². The maximum atomic E-state index is 16.3. The Labute approximate surface area is 826 Å². The van der Waals surface area contributed by atoms with E-state index < -0.39 is 136 Å². The first kappa shape index (κ1) is 109. The van der Waals surface area contributed by atoms with Gasteiger partial charge in [0.2, 0.25) is 19.7 Å². The Kier molecular flexibility index (Phi) is 31.9. The van der Waals surface area contributed by atoms with E-state index in [1.54, 1.807) is 150 Å². The molecule has 758 valence electrons. The fraction of sp³-hybridized carbons (Fsp3) is 0.345. The Hall–Kier alpha value is -12.1. The molecule has 30 nitrogen and oxygen atoms in total. The molecular weight excluding hydrogens is 1870 g/mol. The molecule has 17 N–H and O–H groups in total. The van der Waals surface area contributed by atoms with Crippen molar-refractivity contribution >= 4 is 36.4 Å². The molecule has 0 bridgehead atoms. The molecule has 0 spiro atoms. The molecule has 32 heteroatoms. The summed E-state index contributed by atoms with van der Waals surface area (Å²) in [7, 11) is -9.51. The molecular formula is C110H126O30S2. The van der Waals surface area contributed by atoms with Crippen molar-refractivity contribution < 1.29 is 149 Å². The van der Waals surface area contributed by atoms with Crippen molar-refractivity contribution in [2.75, 3.05) is 52.9 Å². The highest BCUT2D eigenvalue weighted by Gasteiger charge is 2.44. The summed E-state index contributed by atoms with van der Waals surface area (Å²) < 4.78 is 70.0. The van der Waals surface area contributed by atoms with Gasteiger partial charge >= 0.3 is 0 Å². The van der Waals surface area contributed by atoms with Crippen LogP contribution in [0.4, 0.5) is 0 Å². The average Bonchev–Trinajstić information content (AvgIpc) is 1.75. The predicted molar refractivity (Wildman–Crippen MR) is 535 cm³/mol. The molecule has 0 amide bonds. The minimum absolute atomic E-state index is 0.0478. The number of benzene rings is 4. The van der Waals surface area contributed by atoms with Gasteiger partial charge in [-0.15, -0.1) is 0 Å². The van der Waals surface area contributed by atoms with Crippen molar-refractivity contribution in [1.82, 2.24) is 0 Å². The van der Waals surface area contributed by atoms with Crippen LogP contribution in [0.3, 0.4) is 0 Å². The number of sulfone groups is 2. The molecule has 0 aliphatic heterocycles. The highest BCUT2D eigenvalue weighted by Crippen LogP contribution is 2.55. The smallest absolute Gasteiger partial charge is 0.206 e. The maximum Gasteiger partial charge on any atom is 0.206 e. The first-order valence-corrected chi connectivity index (χ1v) is 48.9. The molecule has 0 saturated heterocycles. The largest absolute Gasteiger partial charge is 0.507 e. The van der Waals surface area contributed by atoms with Crippen LogP contribution in [0.25, 0.3) is 16.7 Å². The zero-order chi connectivity index (χ0) is 105. The number of aliphatic hydroxyl groups is 8. The molecule has 0 atom stereocenters. The number of aliphatic hydroxyl groups excluding tert-OH is 8. The summed E-state index contributed by atoms with van der Waals surface area (Å²) in [6.07, 6.45) is 29.8. The Morgan fingerprint density at radius 2 is 0.521 bits per heavy atom. The molecule has 12 rings (SSSR count). The van der Waals surface area contributed by atoms with Gasteiger partial charge in [0.05, 0.1) is 19.6 Å². The van der Waals surface area contributed by atoms with E-state index in [1.165, 1.54) is 109 Å². The van der Waals surface area contributed by atoms with Crippen LogP contribution in [0, 0.1) is 43.3 Å². The minimum Gasteiger partial charge on any atom is -0.507 e. The Balaban J connectivity index is 0.965. The monoisotopic (exact) mass is 1990 g/mol. The third-order valence-electron chi connectivity index (χ3n) is 28.4. The second-order valence-electron chi connectivity index (χ2n) is 41.2. The first-order valence-electron chi connectivity index (χ1n) is 45.9. The van der Waals surface area contributed by atoms with Gasteiger partial charge in [0, 0.05) is 99.0 Å². The van der Waals surface area contributed by atoms with E-state index in [2.05, 4.69) is 14.7 Å². The van der Waals surface area contributed by atoms with Crippen LogP contribution in [0.1, 0.15) is 167 Å². The number of ether oxygens (including phenoxy) is 1. The van der Waals surface area contributed by atoms with Crippen molar-refractivity contribution in [3.05, 3.63) is 363 Å². The second-order valence-corrected chi connectivity index (χ2v) is 45.1. The Bertz CT molecular complexity index is 6830. The Morgan fingerprint density at radius 3 is 0.838 bits per heavy atom. The molecule has 4 aromatic rings. The molecule has 8 aliphatic carbocycles. The van der Waals surface area contributed by atoms with E-state index in [4.69, 9.17) is 29.2 Å². The topological polar surface area (TPSA) is 495 Å². The lowest BCUT2D eigenvalue weighted by molar-refractivity contribution is -0.235. The highest BCUT2D eigenvalue weighted by molar-refractivity contribution is 7.91. The summed E-state index contributed by atoms with van der Waals surface area (Å²) in [6, 6.07) is 16.9. The van der Waals surface area contributed by atoms with Gasteiger partial charge in [0.25, 0.3) is 0 Å². The third kappa shape index (κ3) is 21.7. The van der Waals surface area contributed by atoms with Gasteiger partial charge in [0.15, 0.2) is 0 Å². The van der Waals surface area contributed by atoms with Gasteiger partial charge in [-0.3, -0.25) is 42.1 Å². The van der Waals surface area contributed by atoms with Crippen LogP contribution in [0.5, 0.6) is 17.2 Å². The summed E-state index contributed by atoms with van der Waals surface area (Å²) >= 11 is 0. The summed E-state index contributed by atoms with van der Waals surface area (Å²) in [5.74, 6) is -3.88. The Morgan fingerprint density at radius 1 is 0.275 bits per heavy atom. The number of allylic oxidation sites excluding steroid dienone is 27. The second kappa shape index (κ2) is 41.7. The lowest BCUT2D eigenvalue weighted by atomic mass is 9.73. The summed E-state index contributed by atoms with van der Waals surface area (Å²) in [6.45, 7) is 31.0. The van der Waals surface area contributed by atoms with Crippen LogP contribution >= 0.6 is 0 Å². The molecule has 0 fully saturated rings. The predicted octanol–water partition coefficient (Wildman–Crippen LogP) is 24.7. The molecule has 0 radical (unpaired) electrons. The number of rotatable bonds is 33. The van der Waals surface area contributed by atoms with Crippen LogP contribution in [-0.4, -0.2) is 158 Å². The van der Waals surface area contributed by atoms with Gasteiger partial charge in [-0.05, 0) is 223 Å². The van der Waals surface area contributed by atoms with Crippen LogP contribution in [0.15, 0.2) is 360 Å². The fourth-order valence-corrected chi connectivity index (χ4v) is 22.0. The number of aromatic hydroxyl groups is 1. The van der Waals surface area contributed by atoms with Crippen molar-refractivity contribution in [3.63, 3.8) is 0 Å². The van der Waals surface area contributed by atoms with Crippen molar-refractivity contribution in [1.29, 1.82) is 0 Å². The molecule has 0 unspecified atom stereocenters. The summed E-state index contributed by atoms with van der Waals surface area (Å²) in [5, 5.41) is 192. The number of hydrogen-bond acceptors (Lipinski definition) is 30. The first-order chi connectivity index (χ1) is 66.5. The number of hydrogen-bond donors (Lipinski definition) is 17. The minimum atomic E-state index is -4.86. The molecule has 4 aromatic carbocycles. The van der Waals surface area contributed by atoms with Crippen molar-refractivity contribution in [3.8, 4) is 17.2 Å². The zero-order valence-corrected chi connectivity index (χ0v) is 84.4.